The van der Waals surface area contributed by atoms with Gasteiger partial charge in [-0.1, -0.05) is 0 Å². The number of hydrogen-bond acceptors (Lipinski definition) is 5. The Balaban J connectivity index is 2.27. The molecule has 1 fully saturated rings. The summed E-state index contributed by atoms with van der Waals surface area (Å²) in [7, 11) is 0. The molecule has 1 saturated heterocycles. The number of ether oxygens (including phenoxy) is 1. The average Bonchev–Trinajstić information content (AvgIpc) is 2.59. The van der Waals surface area contributed by atoms with E-state index in [0.29, 0.717) is 0 Å². The molecule has 16 heavy (non-hydrogen) atoms. The fourth-order valence-electron chi connectivity index (χ4n) is 1.75. The minimum atomic E-state index is -0.804. The minimum absolute atomic E-state index is 0.223. The van der Waals surface area contributed by atoms with E-state index < -0.39 is 29.6 Å². The number of aromatic amines is 2. The smallest absolute Gasteiger partial charge is 0.325 e. The van der Waals surface area contributed by atoms with E-state index in [1.54, 1.807) is 0 Å². The molecule has 7 heteroatoms. The molecule has 0 spiro atoms. The molecule has 7 nitrogen and oxygen atoms in total. The number of aliphatic hydroxyl groups is 2. The van der Waals surface area contributed by atoms with E-state index >= 15 is 0 Å². The Morgan fingerprint density at radius 1 is 1.50 bits per heavy atom. The fourth-order valence-corrected chi connectivity index (χ4v) is 1.75. The van der Waals surface area contributed by atoms with Crippen LogP contribution in [0.3, 0.4) is 0 Å². The first kappa shape index (κ1) is 11.1. The molecule has 3 atom stereocenters. The molecule has 2 rings (SSSR count). The molecule has 0 amide bonds. The van der Waals surface area contributed by atoms with Gasteiger partial charge in [0, 0.05) is 12.6 Å². The molecular formula is C9H12N2O5. The molecule has 88 valence electrons. The van der Waals surface area contributed by atoms with Gasteiger partial charge in [0.1, 0.15) is 6.10 Å². The number of hydrogen-bond donors (Lipinski definition) is 4. The highest BCUT2D eigenvalue weighted by Gasteiger charge is 2.35. The van der Waals surface area contributed by atoms with Crippen molar-refractivity contribution in [3.8, 4) is 0 Å². The molecule has 0 saturated carbocycles. The van der Waals surface area contributed by atoms with Gasteiger partial charge in [-0.15, -0.1) is 0 Å². The van der Waals surface area contributed by atoms with Crippen LogP contribution < -0.4 is 11.2 Å². The highest BCUT2D eigenvalue weighted by Crippen LogP contribution is 2.30. The average molecular weight is 228 g/mol. The van der Waals surface area contributed by atoms with Crippen molar-refractivity contribution in [2.24, 2.45) is 0 Å². The van der Waals surface area contributed by atoms with Crippen LogP contribution in [0.2, 0.25) is 0 Å². The molecule has 0 aliphatic carbocycles. The van der Waals surface area contributed by atoms with Gasteiger partial charge in [-0.2, -0.15) is 0 Å². The molecule has 1 aromatic heterocycles. The summed E-state index contributed by atoms with van der Waals surface area (Å²) in [5.74, 6) is 0. The zero-order chi connectivity index (χ0) is 11.7. The first-order valence-electron chi connectivity index (χ1n) is 4.88. The van der Waals surface area contributed by atoms with Gasteiger partial charge >= 0.3 is 5.69 Å². The largest absolute Gasteiger partial charge is 0.394 e. The maximum Gasteiger partial charge on any atom is 0.325 e. The Morgan fingerprint density at radius 2 is 2.25 bits per heavy atom. The second-order valence-electron chi connectivity index (χ2n) is 3.68. The number of aromatic nitrogens is 2. The van der Waals surface area contributed by atoms with Gasteiger partial charge in [0.05, 0.1) is 24.4 Å². The minimum Gasteiger partial charge on any atom is -0.394 e. The second kappa shape index (κ2) is 4.20. The summed E-state index contributed by atoms with van der Waals surface area (Å²) >= 11 is 0. The lowest BCUT2D eigenvalue weighted by molar-refractivity contribution is -0.0229. The van der Waals surface area contributed by atoms with E-state index in [0.717, 1.165) is 0 Å². The van der Waals surface area contributed by atoms with Crippen LogP contribution in [0.15, 0.2) is 15.8 Å². The third-order valence-corrected chi connectivity index (χ3v) is 2.60. The zero-order valence-corrected chi connectivity index (χ0v) is 8.34. The van der Waals surface area contributed by atoms with Gasteiger partial charge in [0.15, 0.2) is 0 Å². The lowest BCUT2D eigenvalue weighted by Crippen LogP contribution is -2.26. The van der Waals surface area contributed by atoms with Crippen molar-refractivity contribution in [1.82, 2.24) is 9.97 Å². The van der Waals surface area contributed by atoms with Crippen molar-refractivity contribution in [2.75, 3.05) is 6.61 Å². The highest BCUT2D eigenvalue weighted by molar-refractivity contribution is 5.10. The number of rotatable bonds is 2. The van der Waals surface area contributed by atoms with E-state index in [-0.39, 0.29) is 18.6 Å². The van der Waals surface area contributed by atoms with E-state index in [2.05, 4.69) is 9.97 Å². The standard InChI is InChI=1S/C9H12N2O5/c12-3-7-5(13)1-6(16-7)4-2-10-9(15)11-8(4)14/h2,5-7,12-13H,1,3H2,(H2,10,11,14,15)/t5-,6-,7-/m1/s1. The van der Waals surface area contributed by atoms with E-state index in [1.165, 1.54) is 6.20 Å². The van der Waals surface area contributed by atoms with E-state index in [1.807, 2.05) is 0 Å². The Labute approximate surface area is 89.7 Å². The van der Waals surface area contributed by atoms with Crippen molar-refractivity contribution < 1.29 is 14.9 Å². The first-order chi connectivity index (χ1) is 7.61. The highest BCUT2D eigenvalue weighted by atomic mass is 16.5. The van der Waals surface area contributed by atoms with Crippen LogP contribution in [-0.4, -0.2) is 39.0 Å². The topological polar surface area (TPSA) is 115 Å². The van der Waals surface area contributed by atoms with Crippen LogP contribution in [-0.2, 0) is 4.74 Å². The SMILES string of the molecule is O=c1[nH]cc([C@H]2C[C@@H](O)[C@@H](CO)O2)c(=O)[nH]1. The number of nitrogens with one attached hydrogen (secondary N) is 2. The normalized spacial score (nSPS) is 29.5. The lowest BCUT2D eigenvalue weighted by Gasteiger charge is -2.10. The third kappa shape index (κ3) is 1.92. The van der Waals surface area contributed by atoms with Gasteiger partial charge in [0.2, 0.25) is 0 Å². The summed E-state index contributed by atoms with van der Waals surface area (Å²) in [6.45, 7) is -0.307. The van der Waals surface area contributed by atoms with Gasteiger partial charge in [-0.25, -0.2) is 4.79 Å². The van der Waals surface area contributed by atoms with Gasteiger partial charge < -0.3 is 19.9 Å². The van der Waals surface area contributed by atoms with Crippen molar-refractivity contribution in [3.05, 3.63) is 32.6 Å². The molecule has 4 N–H and O–H groups in total. The molecular weight excluding hydrogens is 216 g/mol. The first-order valence-corrected chi connectivity index (χ1v) is 4.88. The Kier molecular flexibility index (Phi) is 2.90. The van der Waals surface area contributed by atoms with Crippen LogP contribution in [0, 0.1) is 0 Å². The molecule has 0 aromatic carbocycles. The van der Waals surface area contributed by atoms with Gasteiger partial charge in [-0.05, 0) is 0 Å². The Morgan fingerprint density at radius 3 is 2.81 bits per heavy atom. The van der Waals surface area contributed by atoms with Crippen LogP contribution >= 0.6 is 0 Å². The summed E-state index contributed by atoms with van der Waals surface area (Å²) in [6.07, 6.45) is -0.607. The molecule has 0 radical (unpaired) electrons. The Bertz CT molecular complexity index is 479. The van der Waals surface area contributed by atoms with Crippen molar-refractivity contribution in [1.29, 1.82) is 0 Å². The molecule has 0 bridgehead atoms. The number of H-pyrrole nitrogens is 2. The summed E-state index contributed by atoms with van der Waals surface area (Å²) in [6, 6.07) is 0. The molecule has 1 aromatic rings. The van der Waals surface area contributed by atoms with E-state index in [9.17, 15) is 14.7 Å². The summed E-state index contributed by atoms with van der Waals surface area (Å²) < 4.78 is 5.29. The maximum absolute atomic E-state index is 11.4. The van der Waals surface area contributed by atoms with Crippen LogP contribution in [0.4, 0.5) is 0 Å². The molecule has 0 unspecified atom stereocenters. The molecule has 1 aliphatic rings. The lowest BCUT2D eigenvalue weighted by atomic mass is 10.1. The van der Waals surface area contributed by atoms with Crippen LogP contribution in [0.1, 0.15) is 18.1 Å². The van der Waals surface area contributed by atoms with Crippen LogP contribution in [0.25, 0.3) is 0 Å². The second-order valence-corrected chi connectivity index (χ2v) is 3.68. The monoisotopic (exact) mass is 228 g/mol. The predicted molar refractivity (Wildman–Crippen MR) is 53.0 cm³/mol. The van der Waals surface area contributed by atoms with Crippen molar-refractivity contribution in [3.63, 3.8) is 0 Å². The van der Waals surface area contributed by atoms with E-state index in [4.69, 9.17) is 9.84 Å². The van der Waals surface area contributed by atoms with Gasteiger partial charge in [-0.3, -0.25) is 9.78 Å². The quantitative estimate of drug-likeness (QED) is 0.479. The predicted octanol–water partition coefficient (Wildman–Crippen LogP) is -1.75. The molecule has 1 aliphatic heterocycles. The van der Waals surface area contributed by atoms with Crippen LogP contribution in [0.5, 0.6) is 0 Å². The maximum atomic E-state index is 11.4. The van der Waals surface area contributed by atoms with Crippen molar-refractivity contribution >= 4 is 0 Å². The van der Waals surface area contributed by atoms with Gasteiger partial charge in [0.25, 0.3) is 5.56 Å². The third-order valence-electron chi connectivity index (χ3n) is 2.60. The summed E-state index contributed by atoms with van der Waals surface area (Å²) in [5, 5.41) is 18.4. The number of aliphatic hydroxyl groups excluding tert-OH is 2. The fraction of sp³-hybridized carbons (Fsp3) is 0.556. The summed E-state index contributed by atoms with van der Waals surface area (Å²) in [5.41, 5.74) is -0.889. The molecule has 2 heterocycles. The zero-order valence-electron chi connectivity index (χ0n) is 8.34. The summed E-state index contributed by atoms with van der Waals surface area (Å²) in [4.78, 5) is 26.6. The van der Waals surface area contributed by atoms with Crippen molar-refractivity contribution in [2.45, 2.75) is 24.7 Å². The Hall–Kier alpha value is -1.44.